The lowest BCUT2D eigenvalue weighted by Gasteiger charge is -2.44. The van der Waals surface area contributed by atoms with Gasteiger partial charge in [0.1, 0.15) is 11.4 Å². The van der Waals surface area contributed by atoms with E-state index in [1.165, 1.54) is 0 Å². The van der Waals surface area contributed by atoms with Crippen LogP contribution in [0.25, 0.3) is 16.6 Å². The van der Waals surface area contributed by atoms with Crippen LogP contribution in [-0.2, 0) is 9.31 Å². The average Bonchev–Trinajstić information content (AvgIpc) is 3.30. The van der Waals surface area contributed by atoms with Crippen molar-refractivity contribution in [3.63, 3.8) is 0 Å². The summed E-state index contributed by atoms with van der Waals surface area (Å²) in [6.45, 7) is 22.3. The fraction of sp³-hybridized carbons (Fsp3) is 0.667. The molecule has 2 fully saturated rings. The third kappa shape index (κ3) is 5.00. The zero-order chi connectivity index (χ0) is 29.8. The van der Waals surface area contributed by atoms with Gasteiger partial charge in [0.25, 0.3) is 0 Å². The first-order chi connectivity index (χ1) is 18.6. The minimum absolute atomic E-state index is 0.0833. The van der Waals surface area contributed by atoms with E-state index in [1.54, 1.807) is 7.11 Å². The zero-order valence-electron chi connectivity index (χ0n) is 26.2. The van der Waals surface area contributed by atoms with Gasteiger partial charge in [-0.1, -0.05) is 47.5 Å². The van der Waals surface area contributed by atoms with Crippen LogP contribution in [0.4, 0.5) is 4.79 Å². The second-order valence-corrected chi connectivity index (χ2v) is 19.3. The summed E-state index contributed by atoms with van der Waals surface area (Å²) in [6.07, 6.45) is 4.51. The monoisotopic (exact) mass is 569 g/mol. The van der Waals surface area contributed by atoms with Gasteiger partial charge in [0.15, 0.2) is 8.24 Å². The normalized spacial score (nSPS) is 22.9. The highest BCUT2D eigenvalue weighted by atomic mass is 28.3. The molecule has 2 aliphatic rings. The molecule has 0 aromatic carbocycles. The Balaban J connectivity index is 1.91. The fourth-order valence-corrected chi connectivity index (χ4v) is 13.9. The maximum absolute atomic E-state index is 11.3. The Labute approximate surface area is 241 Å². The SMILES string of the molecule is COc1cnc2c(ccn2[Si](C(C)C)(C(C)C)C(C)C)c1/C(=C\B1OC(C)(C)C(C)(C)O1)C1CC(NC(=O)O)C1. The number of methoxy groups -OCH3 is 1. The summed E-state index contributed by atoms with van der Waals surface area (Å²) in [5.41, 5.74) is 3.67. The number of rotatable bonds is 9. The molecule has 1 saturated carbocycles. The van der Waals surface area contributed by atoms with Gasteiger partial charge < -0.3 is 28.7 Å². The first-order valence-electron chi connectivity index (χ1n) is 14.7. The van der Waals surface area contributed by atoms with Crippen LogP contribution in [0, 0.1) is 5.92 Å². The minimum atomic E-state index is -2.06. The number of amides is 1. The first kappa shape index (κ1) is 30.7. The number of carboxylic acid groups (broad SMARTS) is 1. The van der Waals surface area contributed by atoms with Gasteiger partial charge in [0, 0.05) is 17.0 Å². The summed E-state index contributed by atoms with van der Waals surface area (Å²) in [7, 11) is -0.906. The van der Waals surface area contributed by atoms with Crippen LogP contribution in [-0.4, -0.2) is 60.1 Å². The molecule has 1 aliphatic carbocycles. The maximum Gasteiger partial charge on any atom is 0.487 e. The van der Waals surface area contributed by atoms with Crippen molar-refractivity contribution >= 4 is 38.1 Å². The predicted octanol–water partition coefficient (Wildman–Crippen LogP) is 7.13. The van der Waals surface area contributed by atoms with Crippen molar-refractivity contribution in [2.24, 2.45) is 5.92 Å². The molecule has 10 heteroatoms. The largest absolute Gasteiger partial charge is 0.494 e. The lowest BCUT2D eigenvalue weighted by Crippen LogP contribution is -2.51. The second-order valence-electron chi connectivity index (χ2n) is 13.5. The van der Waals surface area contributed by atoms with Gasteiger partial charge in [0.2, 0.25) is 0 Å². The molecule has 220 valence electrons. The molecule has 0 bridgehead atoms. The Morgan fingerprint density at radius 3 is 2.15 bits per heavy atom. The van der Waals surface area contributed by atoms with Gasteiger partial charge in [-0.3, -0.25) is 0 Å². The van der Waals surface area contributed by atoms with Gasteiger partial charge in [-0.2, -0.15) is 0 Å². The van der Waals surface area contributed by atoms with Gasteiger partial charge in [0.05, 0.1) is 24.5 Å². The van der Waals surface area contributed by atoms with E-state index in [-0.39, 0.29) is 12.0 Å². The molecule has 1 amide bonds. The molecule has 1 aliphatic heterocycles. The van der Waals surface area contributed by atoms with E-state index in [2.05, 4.69) is 97.0 Å². The molecule has 4 rings (SSSR count). The average molecular weight is 570 g/mol. The number of nitrogens with one attached hydrogen (secondary N) is 1. The minimum Gasteiger partial charge on any atom is -0.494 e. The smallest absolute Gasteiger partial charge is 0.487 e. The maximum atomic E-state index is 11.3. The summed E-state index contributed by atoms with van der Waals surface area (Å²) in [5.74, 6) is 2.92. The molecule has 2 aromatic rings. The predicted molar refractivity (Wildman–Crippen MR) is 164 cm³/mol. The van der Waals surface area contributed by atoms with Crippen molar-refractivity contribution in [1.82, 2.24) is 14.5 Å². The van der Waals surface area contributed by atoms with Crippen molar-refractivity contribution < 1.29 is 23.9 Å². The van der Waals surface area contributed by atoms with E-state index in [1.807, 2.05) is 6.20 Å². The molecule has 40 heavy (non-hydrogen) atoms. The molecule has 3 heterocycles. The number of carbonyl (C=O) groups is 1. The summed E-state index contributed by atoms with van der Waals surface area (Å²) >= 11 is 0. The lowest BCUT2D eigenvalue weighted by atomic mass is 9.69. The van der Waals surface area contributed by atoms with Crippen molar-refractivity contribution in [1.29, 1.82) is 0 Å². The van der Waals surface area contributed by atoms with Gasteiger partial charge in [-0.25, -0.2) is 9.78 Å². The van der Waals surface area contributed by atoms with E-state index in [4.69, 9.17) is 19.0 Å². The highest BCUT2D eigenvalue weighted by Crippen LogP contribution is 2.48. The zero-order valence-corrected chi connectivity index (χ0v) is 27.2. The Bertz CT molecular complexity index is 1240. The molecule has 0 radical (unpaired) electrons. The molecular formula is C30H48BN3O5Si. The molecule has 0 spiro atoms. The van der Waals surface area contributed by atoms with Crippen LogP contribution in [0.3, 0.4) is 0 Å². The second kappa shape index (κ2) is 10.8. The summed E-state index contributed by atoms with van der Waals surface area (Å²) in [5, 5.41) is 13.0. The lowest BCUT2D eigenvalue weighted by molar-refractivity contribution is 0.00578. The summed E-state index contributed by atoms with van der Waals surface area (Å²) in [6, 6.07) is 2.11. The van der Waals surface area contributed by atoms with Crippen LogP contribution in [0.2, 0.25) is 16.6 Å². The van der Waals surface area contributed by atoms with Crippen LogP contribution in [0.1, 0.15) is 87.6 Å². The highest BCUT2D eigenvalue weighted by Gasteiger charge is 2.51. The van der Waals surface area contributed by atoms with E-state index >= 15 is 0 Å². The van der Waals surface area contributed by atoms with Crippen LogP contribution in [0.5, 0.6) is 5.75 Å². The fourth-order valence-electron chi connectivity index (χ4n) is 7.36. The molecule has 8 nitrogen and oxygen atoms in total. The molecule has 0 unspecified atom stereocenters. The van der Waals surface area contributed by atoms with E-state index in [9.17, 15) is 9.90 Å². The van der Waals surface area contributed by atoms with Gasteiger partial charge in [-0.15, -0.1) is 0 Å². The third-order valence-corrected chi connectivity index (χ3v) is 16.6. The number of aromatic nitrogens is 2. The highest BCUT2D eigenvalue weighted by molar-refractivity contribution is 6.82. The van der Waals surface area contributed by atoms with E-state index < -0.39 is 32.6 Å². The number of hydrogen-bond donors (Lipinski definition) is 2. The third-order valence-electron chi connectivity index (χ3n) is 9.87. The number of fused-ring (bicyclic) bond motifs is 1. The summed E-state index contributed by atoms with van der Waals surface area (Å²) in [4.78, 5) is 16.3. The molecule has 0 atom stereocenters. The summed E-state index contributed by atoms with van der Waals surface area (Å²) < 4.78 is 21.3. The molecule has 2 aromatic heterocycles. The number of pyridine rings is 1. The molecule has 1 saturated heterocycles. The van der Waals surface area contributed by atoms with Crippen molar-refractivity contribution in [3.05, 3.63) is 30.0 Å². The van der Waals surface area contributed by atoms with Crippen molar-refractivity contribution in [2.75, 3.05) is 7.11 Å². The Kier molecular flexibility index (Phi) is 8.31. The van der Waals surface area contributed by atoms with Crippen LogP contribution in [0.15, 0.2) is 24.4 Å². The molecule has 2 N–H and O–H groups in total. The van der Waals surface area contributed by atoms with Crippen LogP contribution >= 0.6 is 0 Å². The Hall–Kier alpha value is -2.30. The number of ether oxygens (including phenoxy) is 1. The Morgan fingerprint density at radius 2 is 1.68 bits per heavy atom. The topological polar surface area (TPSA) is 94.8 Å². The van der Waals surface area contributed by atoms with Crippen molar-refractivity contribution in [3.8, 4) is 5.75 Å². The van der Waals surface area contributed by atoms with Gasteiger partial charge in [-0.05, 0) is 80.9 Å². The van der Waals surface area contributed by atoms with E-state index in [0.29, 0.717) is 35.2 Å². The number of allylic oxidation sites excluding steroid dienone is 1. The quantitative estimate of drug-likeness (QED) is 0.312. The first-order valence-corrected chi connectivity index (χ1v) is 16.9. The van der Waals surface area contributed by atoms with Crippen LogP contribution < -0.4 is 10.1 Å². The number of nitrogens with zero attached hydrogens (tertiary/aromatic N) is 2. The molecular weight excluding hydrogens is 521 g/mol. The van der Waals surface area contributed by atoms with Gasteiger partial charge >= 0.3 is 13.2 Å². The number of hydrogen-bond acceptors (Lipinski definition) is 5. The van der Waals surface area contributed by atoms with Crippen molar-refractivity contribution in [2.45, 2.75) is 116 Å². The standard InChI is InChI=1S/C30H48BN3O5Si/c1-18(2)40(19(3)4,20(5)6)34-13-12-23-26(25(37-11)17-32-27(23)34)24(21-14-22(15-21)33-28(35)36)16-31-38-29(7,8)30(9,10)39-31/h12-13,16-22,33H,14-15H2,1-11H3,(H,35,36)/b24-16-. The van der Waals surface area contributed by atoms with E-state index in [0.717, 1.165) is 22.2 Å². The Morgan fingerprint density at radius 1 is 1.12 bits per heavy atom.